The molecule has 3 aliphatic rings. The van der Waals surface area contributed by atoms with E-state index in [9.17, 15) is 0 Å². The fraction of sp³-hybridized carbons (Fsp3) is 0.714. The van der Waals surface area contributed by atoms with Gasteiger partial charge in [0.1, 0.15) is 0 Å². The predicted octanol–water partition coefficient (Wildman–Crippen LogP) is -0.728. The lowest BCUT2D eigenvalue weighted by Gasteiger charge is -2.24. The van der Waals surface area contributed by atoms with Crippen LogP contribution >= 0.6 is 0 Å². The van der Waals surface area contributed by atoms with Gasteiger partial charge in [0, 0.05) is 77.2 Å². The van der Waals surface area contributed by atoms with Crippen LogP contribution in [0.5, 0.6) is 0 Å². The van der Waals surface area contributed by atoms with E-state index in [1.54, 1.807) is 0 Å². The van der Waals surface area contributed by atoms with Crippen LogP contribution in [0, 0.1) is 0 Å². The smallest absolute Gasteiger partial charge is 0.0894 e. The van der Waals surface area contributed by atoms with Gasteiger partial charge in [0.15, 0.2) is 0 Å². The van der Waals surface area contributed by atoms with Crippen molar-refractivity contribution in [1.29, 1.82) is 0 Å². The number of nitrogens with one attached hydrogen (secondary N) is 2. The highest BCUT2D eigenvalue weighted by Crippen LogP contribution is 2.06. The van der Waals surface area contributed by atoms with Crippen molar-refractivity contribution >= 4 is 0 Å². The van der Waals surface area contributed by atoms with Gasteiger partial charge in [-0.05, 0) is 0 Å². The van der Waals surface area contributed by atoms with Gasteiger partial charge in [-0.15, -0.1) is 0 Å². The van der Waals surface area contributed by atoms with Crippen molar-refractivity contribution in [3.05, 3.63) is 24.8 Å². The summed E-state index contributed by atoms with van der Waals surface area (Å²) in [5.74, 6) is 0. The molecular weight excluding hydrogens is 252 g/mol. The summed E-state index contributed by atoms with van der Waals surface area (Å²) < 4.78 is 0. The Morgan fingerprint density at radius 2 is 0.800 bits per heavy atom. The summed E-state index contributed by atoms with van der Waals surface area (Å²) in [5.41, 5.74) is 0. The highest BCUT2D eigenvalue weighted by atomic mass is 15.4. The SMILES string of the molecule is C1=CN2CCNCCN3C=CN(CCNCCN1C2)C3. The van der Waals surface area contributed by atoms with E-state index in [0.717, 1.165) is 65.7 Å². The summed E-state index contributed by atoms with van der Waals surface area (Å²) in [6.07, 6.45) is 8.83. The van der Waals surface area contributed by atoms with Crippen molar-refractivity contribution < 1.29 is 0 Å². The molecule has 2 N–H and O–H groups in total. The third-order valence-electron chi connectivity index (χ3n) is 4.01. The van der Waals surface area contributed by atoms with E-state index in [0.29, 0.717) is 0 Å². The van der Waals surface area contributed by atoms with Gasteiger partial charge in [0.2, 0.25) is 0 Å². The normalized spacial score (nSPS) is 24.8. The molecule has 0 aromatic rings. The first-order chi connectivity index (χ1) is 9.90. The Labute approximate surface area is 121 Å². The molecule has 1 saturated heterocycles. The Balaban J connectivity index is 1.47. The summed E-state index contributed by atoms with van der Waals surface area (Å²) in [4.78, 5) is 9.49. The van der Waals surface area contributed by atoms with E-state index >= 15 is 0 Å². The minimum Gasteiger partial charge on any atom is -0.357 e. The van der Waals surface area contributed by atoms with E-state index in [-0.39, 0.29) is 0 Å². The standard InChI is InChI=1S/C14H26N6/c1-5-17-9-10-19(13-17)7-3-16-4-8-20-12-11-18(14-20)6-2-15-1/h9-12,15-16H,1-8,13-14H2. The molecule has 6 nitrogen and oxygen atoms in total. The van der Waals surface area contributed by atoms with Gasteiger partial charge in [-0.2, -0.15) is 0 Å². The van der Waals surface area contributed by atoms with Gasteiger partial charge in [-0.3, -0.25) is 0 Å². The van der Waals surface area contributed by atoms with E-state index < -0.39 is 0 Å². The zero-order valence-electron chi connectivity index (χ0n) is 12.2. The predicted molar refractivity (Wildman–Crippen MR) is 80.6 cm³/mol. The van der Waals surface area contributed by atoms with Gasteiger partial charge in [-0.1, -0.05) is 0 Å². The second-order valence-electron chi connectivity index (χ2n) is 5.63. The summed E-state index contributed by atoms with van der Waals surface area (Å²) in [6, 6.07) is 0. The highest BCUT2D eigenvalue weighted by molar-refractivity contribution is 4.92. The van der Waals surface area contributed by atoms with E-state index in [4.69, 9.17) is 0 Å². The molecule has 1 fully saturated rings. The van der Waals surface area contributed by atoms with Crippen molar-refractivity contribution in [2.75, 3.05) is 65.7 Å². The number of hydrogen-bond donors (Lipinski definition) is 2. The largest absolute Gasteiger partial charge is 0.357 e. The Morgan fingerprint density at radius 3 is 1.10 bits per heavy atom. The molecule has 4 bridgehead atoms. The first-order valence-electron chi connectivity index (χ1n) is 7.64. The van der Waals surface area contributed by atoms with Crippen molar-refractivity contribution in [3.63, 3.8) is 0 Å². The third kappa shape index (κ3) is 3.80. The maximum Gasteiger partial charge on any atom is 0.0894 e. The van der Waals surface area contributed by atoms with Gasteiger partial charge in [0.05, 0.1) is 13.3 Å². The Morgan fingerprint density at radius 1 is 0.500 bits per heavy atom. The average Bonchev–Trinajstić information content (AvgIpc) is 3.07. The summed E-state index contributed by atoms with van der Waals surface area (Å²) >= 11 is 0. The van der Waals surface area contributed by atoms with Crippen LogP contribution in [0.15, 0.2) is 24.8 Å². The van der Waals surface area contributed by atoms with E-state index in [2.05, 4.69) is 55.0 Å². The maximum atomic E-state index is 3.53. The van der Waals surface area contributed by atoms with E-state index in [1.165, 1.54) is 0 Å². The molecule has 20 heavy (non-hydrogen) atoms. The van der Waals surface area contributed by atoms with Gasteiger partial charge >= 0.3 is 0 Å². The van der Waals surface area contributed by atoms with Gasteiger partial charge in [-0.25, -0.2) is 0 Å². The van der Waals surface area contributed by atoms with Crippen LogP contribution in [0.2, 0.25) is 0 Å². The Bertz CT molecular complexity index is 294. The van der Waals surface area contributed by atoms with Crippen LogP contribution in [-0.4, -0.2) is 85.3 Å². The molecule has 3 aliphatic heterocycles. The molecule has 0 unspecified atom stereocenters. The van der Waals surface area contributed by atoms with Crippen LogP contribution < -0.4 is 10.6 Å². The van der Waals surface area contributed by atoms with Gasteiger partial charge in [0.25, 0.3) is 0 Å². The molecule has 3 heterocycles. The van der Waals surface area contributed by atoms with Crippen molar-refractivity contribution in [1.82, 2.24) is 30.2 Å². The van der Waals surface area contributed by atoms with Crippen LogP contribution in [0.3, 0.4) is 0 Å². The first-order valence-corrected chi connectivity index (χ1v) is 7.64. The molecule has 0 aromatic heterocycles. The van der Waals surface area contributed by atoms with Crippen LogP contribution in [-0.2, 0) is 0 Å². The van der Waals surface area contributed by atoms with Crippen molar-refractivity contribution in [2.24, 2.45) is 0 Å². The van der Waals surface area contributed by atoms with Crippen LogP contribution in [0.25, 0.3) is 0 Å². The van der Waals surface area contributed by atoms with Crippen LogP contribution in [0.1, 0.15) is 0 Å². The minimum atomic E-state index is 1.03. The summed E-state index contributed by atoms with van der Waals surface area (Å²) in [5, 5.41) is 7.06. The highest BCUT2D eigenvalue weighted by Gasteiger charge is 2.13. The fourth-order valence-corrected chi connectivity index (χ4v) is 2.75. The average molecular weight is 278 g/mol. The lowest BCUT2D eigenvalue weighted by atomic mass is 10.5. The topological polar surface area (TPSA) is 37.0 Å². The molecule has 0 radical (unpaired) electrons. The molecule has 112 valence electrons. The van der Waals surface area contributed by atoms with Crippen molar-refractivity contribution in [2.45, 2.75) is 0 Å². The molecule has 0 saturated carbocycles. The second-order valence-corrected chi connectivity index (χ2v) is 5.63. The molecule has 6 heteroatoms. The number of nitrogens with zero attached hydrogens (tertiary/aromatic N) is 4. The Kier molecular flexibility index (Phi) is 4.65. The van der Waals surface area contributed by atoms with Crippen molar-refractivity contribution in [3.8, 4) is 0 Å². The molecule has 0 aliphatic carbocycles. The summed E-state index contributed by atoms with van der Waals surface area (Å²) in [6.45, 7) is 10.6. The first kappa shape index (κ1) is 13.6. The fourth-order valence-electron chi connectivity index (χ4n) is 2.75. The minimum absolute atomic E-state index is 1.03. The monoisotopic (exact) mass is 278 g/mol. The number of hydrogen-bond acceptors (Lipinski definition) is 6. The molecule has 0 spiro atoms. The summed E-state index contributed by atoms with van der Waals surface area (Å²) in [7, 11) is 0. The van der Waals surface area contributed by atoms with Gasteiger partial charge < -0.3 is 30.2 Å². The second kappa shape index (κ2) is 6.85. The lowest BCUT2D eigenvalue weighted by molar-refractivity contribution is 0.245. The molecule has 0 atom stereocenters. The zero-order valence-corrected chi connectivity index (χ0v) is 12.2. The lowest BCUT2D eigenvalue weighted by Crippen LogP contribution is -2.39. The maximum absolute atomic E-state index is 3.53. The molecule has 0 amide bonds. The molecule has 0 aromatic carbocycles. The number of rotatable bonds is 0. The third-order valence-corrected chi connectivity index (χ3v) is 4.01. The zero-order chi connectivity index (χ0) is 13.6. The number of fused-ring (bicyclic) bond motifs is 4. The molecule has 3 rings (SSSR count). The van der Waals surface area contributed by atoms with E-state index in [1.807, 2.05) is 0 Å². The molecular formula is C14H26N6. The van der Waals surface area contributed by atoms with Crippen LogP contribution in [0.4, 0.5) is 0 Å². The quantitative estimate of drug-likeness (QED) is 0.609. The Hall–Kier alpha value is -1.40.